The van der Waals surface area contributed by atoms with Crippen molar-refractivity contribution in [2.24, 2.45) is 0 Å². The first-order valence-corrected chi connectivity index (χ1v) is 16.3. The summed E-state index contributed by atoms with van der Waals surface area (Å²) in [5.74, 6) is 0. The molecule has 3 aliphatic rings. The Bertz CT molecular complexity index is 2530. The molecule has 0 bridgehead atoms. The summed E-state index contributed by atoms with van der Waals surface area (Å²) in [6, 6.07) is 55.8. The second-order valence-corrected chi connectivity index (χ2v) is 13.3. The van der Waals surface area contributed by atoms with Gasteiger partial charge in [-0.2, -0.15) is 0 Å². The first-order valence-electron chi connectivity index (χ1n) is 15.9. The molecule has 2 heteroatoms. The Hall–Kier alpha value is -5.37. The highest BCUT2D eigenvalue weighted by Gasteiger charge is 2.59. The van der Waals surface area contributed by atoms with Gasteiger partial charge in [0.2, 0.25) is 0 Å². The minimum atomic E-state index is -0.562. The van der Waals surface area contributed by atoms with Crippen LogP contribution in [0.3, 0.4) is 0 Å². The number of hydrogen-bond acceptors (Lipinski definition) is 1. The van der Waals surface area contributed by atoms with Crippen molar-refractivity contribution >= 4 is 33.5 Å². The summed E-state index contributed by atoms with van der Waals surface area (Å²) in [5, 5.41) is 2.99. The molecule has 0 saturated carbocycles. The molecule has 0 aliphatic heterocycles. The van der Waals surface area contributed by atoms with Crippen molar-refractivity contribution in [2.45, 2.75) is 10.8 Å². The maximum absolute atomic E-state index is 6.83. The molecule has 214 valence electrons. The highest BCUT2D eigenvalue weighted by molar-refractivity contribution is 6.31. The Kier molecular flexibility index (Phi) is 4.58. The van der Waals surface area contributed by atoms with Gasteiger partial charge in [-0.25, -0.2) is 0 Å². The molecule has 0 N–H and O–H groups in total. The van der Waals surface area contributed by atoms with Crippen LogP contribution in [0.2, 0.25) is 5.02 Å². The molecule has 1 heterocycles. The maximum Gasteiger partial charge on any atom is 0.143 e. The summed E-state index contributed by atoms with van der Waals surface area (Å²) in [4.78, 5) is 0. The van der Waals surface area contributed by atoms with Crippen molar-refractivity contribution in [2.75, 3.05) is 0 Å². The smallest absolute Gasteiger partial charge is 0.143 e. The fourth-order valence-electron chi connectivity index (χ4n) is 9.52. The Balaban J connectivity index is 1.36. The minimum Gasteiger partial charge on any atom is -0.455 e. The van der Waals surface area contributed by atoms with Crippen molar-refractivity contribution < 1.29 is 4.42 Å². The zero-order chi connectivity index (χ0) is 30.2. The third kappa shape index (κ3) is 2.65. The van der Waals surface area contributed by atoms with Crippen molar-refractivity contribution in [3.63, 3.8) is 0 Å². The minimum absolute atomic E-state index is 0.454. The van der Waals surface area contributed by atoms with Crippen LogP contribution in [0.4, 0.5) is 0 Å². The fourth-order valence-corrected chi connectivity index (χ4v) is 9.70. The second kappa shape index (κ2) is 8.46. The summed E-state index contributed by atoms with van der Waals surface area (Å²) in [6.07, 6.45) is 0. The molecule has 8 aromatic rings. The summed E-state index contributed by atoms with van der Waals surface area (Å²) >= 11 is 6.83. The van der Waals surface area contributed by atoms with Gasteiger partial charge >= 0.3 is 0 Å². The van der Waals surface area contributed by atoms with E-state index in [9.17, 15) is 0 Å². The predicted octanol–water partition coefficient (Wildman–Crippen LogP) is 11.3. The van der Waals surface area contributed by atoms with Crippen LogP contribution in [0.5, 0.6) is 0 Å². The number of halogens is 1. The molecule has 2 spiro atoms. The van der Waals surface area contributed by atoms with Gasteiger partial charge in [0.25, 0.3) is 0 Å². The normalized spacial score (nSPS) is 15.4. The SMILES string of the molecule is Clc1ccc2c(c1)-c1c(ccc3c1oc1ccccc13)C21c2ccccc2C2(c3ccccc3-c3ccccc32)c2ccccc21. The van der Waals surface area contributed by atoms with E-state index in [0.717, 1.165) is 38.1 Å². The first-order chi connectivity index (χ1) is 22.7. The van der Waals surface area contributed by atoms with Crippen LogP contribution in [-0.2, 0) is 10.8 Å². The number of hydrogen-bond donors (Lipinski definition) is 0. The van der Waals surface area contributed by atoms with E-state index in [2.05, 4.69) is 146 Å². The Morgan fingerprint density at radius 2 is 0.870 bits per heavy atom. The van der Waals surface area contributed by atoms with Crippen molar-refractivity contribution in [3.8, 4) is 22.3 Å². The molecule has 11 rings (SSSR count). The summed E-state index contributed by atoms with van der Waals surface area (Å²) in [6.45, 7) is 0. The van der Waals surface area contributed by atoms with E-state index in [4.69, 9.17) is 16.0 Å². The van der Waals surface area contributed by atoms with Crippen molar-refractivity contribution in [1.82, 2.24) is 0 Å². The van der Waals surface area contributed by atoms with Gasteiger partial charge in [0.15, 0.2) is 0 Å². The zero-order valence-electron chi connectivity index (χ0n) is 24.7. The predicted molar refractivity (Wildman–Crippen MR) is 187 cm³/mol. The molecule has 7 aromatic carbocycles. The Morgan fingerprint density at radius 3 is 1.50 bits per heavy atom. The molecule has 0 radical (unpaired) electrons. The average Bonchev–Trinajstić information content (AvgIpc) is 3.73. The van der Waals surface area contributed by atoms with E-state index < -0.39 is 10.8 Å². The molecule has 0 saturated heterocycles. The zero-order valence-corrected chi connectivity index (χ0v) is 25.5. The molecular weight excluding hydrogens is 580 g/mol. The van der Waals surface area contributed by atoms with Gasteiger partial charge in [-0.3, -0.25) is 0 Å². The van der Waals surface area contributed by atoms with Crippen molar-refractivity contribution in [3.05, 3.63) is 201 Å². The van der Waals surface area contributed by atoms with E-state index >= 15 is 0 Å². The largest absolute Gasteiger partial charge is 0.455 e. The van der Waals surface area contributed by atoms with E-state index in [1.54, 1.807) is 0 Å². The third-order valence-corrected chi connectivity index (χ3v) is 11.3. The molecule has 1 nitrogen and oxygen atoms in total. The van der Waals surface area contributed by atoms with Gasteiger partial charge in [-0.1, -0.05) is 145 Å². The fraction of sp³-hybridized carbons (Fsp3) is 0.0455. The lowest BCUT2D eigenvalue weighted by Crippen LogP contribution is -2.43. The van der Waals surface area contributed by atoms with Crippen LogP contribution in [0.25, 0.3) is 44.2 Å². The van der Waals surface area contributed by atoms with Crippen LogP contribution < -0.4 is 0 Å². The average molecular weight is 605 g/mol. The summed E-state index contributed by atoms with van der Waals surface area (Å²) < 4.78 is 6.75. The number of furan rings is 1. The van der Waals surface area contributed by atoms with E-state index in [1.165, 1.54) is 55.6 Å². The van der Waals surface area contributed by atoms with Gasteiger partial charge < -0.3 is 4.42 Å². The van der Waals surface area contributed by atoms with Crippen LogP contribution in [0.15, 0.2) is 156 Å². The first kappa shape index (κ1) is 24.9. The highest BCUT2D eigenvalue weighted by Crippen LogP contribution is 2.68. The van der Waals surface area contributed by atoms with Gasteiger partial charge in [0.1, 0.15) is 11.2 Å². The maximum atomic E-state index is 6.83. The standard InChI is InChI=1S/C44H25ClO/c45-26-21-23-34-31(25-26)41-39(24-22-30-29-13-3-10-20-40(29)46-42(30)41)44(34)37-18-8-6-16-35(37)43(36-17-7-9-19-38(36)44)32-14-4-1-11-27(32)28-12-2-5-15-33(28)43/h1-25H. The monoisotopic (exact) mass is 604 g/mol. The molecule has 3 aliphatic carbocycles. The van der Waals surface area contributed by atoms with E-state index in [0.29, 0.717) is 0 Å². The van der Waals surface area contributed by atoms with Gasteiger partial charge in [0.05, 0.1) is 10.8 Å². The van der Waals surface area contributed by atoms with Gasteiger partial charge in [-0.05, 0) is 79.4 Å². The van der Waals surface area contributed by atoms with E-state index in [1.807, 2.05) is 6.07 Å². The molecular formula is C44H25ClO. The van der Waals surface area contributed by atoms with Crippen LogP contribution in [0.1, 0.15) is 44.5 Å². The van der Waals surface area contributed by atoms with Gasteiger partial charge in [-0.15, -0.1) is 0 Å². The molecule has 0 fully saturated rings. The number of fused-ring (bicyclic) bond motifs is 20. The van der Waals surface area contributed by atoms with Crippen LogP contribution in [0, 0.1) is 0 Å². The van der Waals surface area contributed by atoms with Crippen LogP contribution in [-0.4, -0.2) is 0 Å². The molecule has 0 unspecified atom stereocenters. The topological polar surface area (TPSA) is 13.1 Å². The van der Waals surface area contributed by atoms with Gasteiger partial charge in [0, 0.05) is 21.4 Å². The quantitative estimate of drug-likeness (QED) is 0.168. The number of benzene rings is 7. The van der Waals surface area contributed by atoms with Crippen molar-refractivity contribution in [1.29, 1.82) is 0 Å². The Labute approximate surface area is 271 Å². The molecule has 0 amide bonds. The number of para-hydroxylation sites is 1. The lowest BCUT2D eigenvalue weighted by Gasteiger charge is -2.48. The third-order valence-electron chi connectivity index (χ3n) is 11.0. The summed E-state index contributed by atoms with van der Waals surface area (Å²) in [5.41, 5.74) is 16.1. The highest BCUT2D eigenvalue weighted by atomic mass is 35.5. The molecule has 1 aromatic heterocycles. The summed E-state index contributed by atoms with van der Waals surface area (Å²) in [7, 11) is 0. The molecule has 0 atom stereocenters. The van der Waals surface area contributed by atoms with Crippen LogP contribution >= 0.6 is 11.6 Å². The van der Waals surface area contributed by atoms with E-state index in [-0.39, 0.29) is 0 Å². The molecule has 46 heavy (non-hydrogen) atoms. The second-order valence-electron chi connectivity index (χ2n) is 12.8. The number of rotatable bonds is 0. The lowest BCUT2D eigenvalue weighted by molar-refractivity contribution is 0.631. The Morgan fingerprint density at radius 1 is 0.391 bits per heavy atom. The lowest BCUT2D eigenvalue weighted by atomic mass is 9.52.